The Hall–Kier alpha value is -2.04. The van der Waals surface area contributed by atoms with Crippen molar-refractivity contribution in [3.63, 3.8) is 0 Å². The molecule has 0 aromatic heterocycles. The number of hydrogen-bond donors (Lipinski definition) is 1. The summed E-state index contributed by atoms with van der Waals surface area (Å²) >= 11 is 0. The van der Waals surface area contributed by atoms with Crippen LogP contribution in [-0.2, 0) is 22.4 Å². The average molecular weight is 368 g/mol. The molecular formula is C22H28N2O3. The fraction of sp³-hybridized carbons (Fsp3) is 0.636. The highest BCUT2D eigenvalue weighted by Crippen LogP contribution is 2.71. The predicted octanol–water partition coefficient (Wildman–Crippen LogP) is 3.00. The fourth-order valence-corrected chi connectivity index (χ4v) is 5.82. The van der Waals surface area contributed by atoms with Crippen LogP contribution in [-0.4, -0.2) is 36.6 Å². The molecule has 5 rings (SSSR count). The summed E-state index contributed by atoms with van der Waals surface area (Å²) in [4.78, 5) is 25.8. The van der Waals surface area contributed by atoms with Crippen molar-refractivity contribution in [3.8, 4) is 0 Å². The molecule has 5 heteroatoms. The highest BCUT2D eigenvalue weighted by molar-refractivity contribution is 5.81. The van der Waals surface area contributed by atoms with E-state index in [-0.39, 0.29) is 11.3 Å². The molecule has 2 N–H and O–H groups in total. The van der Waals surface area contributed by atoms with Gasteiger partial charge in [-0.2, -0.15) is 0 Å². The minimum Gasteiger partial charge on any atom is -0.449 e. The van der Waals surface area contributed by atoms with E-state index in [2.05, 4.69) is 23.1 Å². The van der Waals surface area contributed by atoms with Crippen LogP contribution in [0.5, 0.6) is 0 Å². The zero-order valence-corrected chi connectivity index (χ0v) is 15.8. The minimum absolute atomic E-state index is 0.0676. The van der Waals surface area contributed by atoms with E-state index < -0.39 is 6.09 Å². The Bertz CT molecular complexity index is 784. The summed E-state index contributed by atoms with van der Waals surface area (Å²) in [6.07, 6.45) is 7.03. The lowest BCUT2D eigenvalue weighted by atomic mass is 9.74. The number of likely N-dealkylation sites (tertiary alicyclic amines) is 1. The number of carbonyl (C=O) groups is 2. The van der Waals surface area contributed by atoms with Crippen LogP contribution in [0.15, 0.2) is 18.2 Å². The van der Waals surface area contributed by atoms with Crippen LogP contribution in [0.1, 0.15) is 54.7 Å². The third kappa shape index (κ3) is 2.91. The minimum atomic E-state index is -0.710. The van der Waals surface area contributed by atoms with Gasteiger partial charge in [0.2, 0.25) is 5.91 Å². The largest absolute Gasteiger partial charge is 0.449 e. The van der Waals surface area contributed by atoms with Crippen molar-refractivity contribution in [2.24, 2.45) is 23.0 Å². The molecule has 1 saturated heterocycles. The molecule has 0 radical (unpaired) electrons. The molecule has 3 aliphatic carbocycles. The molecule has 1 aliphatic heterocycles. The first-order chi connectivity index (χ1) is 13.1. The summed E-state index contributed by atoms with van der Waals surface area (Å²) in [5.41, 5.74) is 9.68. The highest BCUT2D eigenvalue weighted by atomic mass is 16.5. The van der Waals surface area contributed by atoms with Gasteiger partial charge in [0.25, 0.3) is 0 Å². The zero-order chi connectivity index (χ0) is 18.6. The summed E-state index contributed by atoms with van der Waals surface area (Å²) in [5.74, 6) is 1.45. The van der Waals surface area contributed by atoms with Gasteiger partial charge in [-0.25, -0.2) is 4.79 Å². The van der Waals surface area contributed by atoms with Gasteiger partial charge in [0, 0.05) is 24.4 Å². The Morgan fingerprint density at radius 1 is 1.15 bits per heavy atom. The molecule has 1 aromatic rings. The number of hydrogen-bond acceptors (Lipinski definition) is 3. The van der Waals surface area contributed by atoms with Gasteiger partial charge in [-0.1, -0.05) is 18.2 Å². The van der Waals surface area contributed by atoms with E-state index in [0.29, 0.717) is 24.3 Å². The molecule has 3 fully saturated rings. The third-order valence-electron chi connectivity index (χ3n) is 7.58. The first kappa shape index (κ1) is 17.1. The molecule has 2 amide bonds. The van der Waals surface area contributed by atoms with Crippen molar-refractivity contribution in [1.29, 1.82) is 0 Å². The maximum absolute atomic E-state index is 12.9. The first-order valence-corrected chi connectivity index (χ1v) is 10.4. The van der Waals surface area contributed by atoms with E-state index in [1.54, 1.807) is 5.56 Å². The number of benzene rings is 1. The lowest BCUT2D eigenvalue weighted by Crippen LogP contribution is -2.47. The van der Waals surface area contributed by atoms with E-state index in [9.17, 15) is 9.59 Å². The smallest absolute Gasteiger partial charge is 0.404 e. The van der Waals surface area contributed by atoms with Gasteiger partial charge in [0.1, 0.15) is 0 Å². The number of piperidine rings is 1. The van der Waals surface area contributed by atoms with Crippen molar-refractivity contribution in [3.05, 3.63) is 34.9 Å². The normalized spacial score (nSPS) is 31.6. The molecule has 1 aromatic carbocycles. The van der Waals surface area contributed by atoms with E-state index >= 15 is 0 Å². The first-order valence-electron chi connectivity index (χ1n) is 10.4. The monoisotopic (exact) mass is 368 g/mol. The highest BCUT2D eigenvalue weighted by Gasteiger charge is 2.69. The quantitative estimate of drug-likeness (QED) is 0.888. The molecule has 2 saturated carbocycles. The molecular weight excluding hydrogens is 340 g/mol. The van der Waals surface area contributed by atoms with Crippen LogP contribution in [0.25, 0.3) is 0 Å². The molecule has 144 valence electrons. The van der Waals surface area contributed by atoms with E-state index in [0.717, 1.165) is 38.8 Å². The molecule has 0 spiro atoms. The van der Waals surface area contributed by atoms with Crippen LogP contribution in [0, 0.1) is 17.3 Å². The van der Waals surface area contributed by atoms with Gasteiger partial charge in [-0.15, -0.1) is 0 Å². The standard InChI is InChI=1S/C22H28N2O3/c23-21(26)27-13-22-11-18(19(22)12-22)20(25)24-8-6-15(7-9-24)17-5-4-14-2-1-3-16(14)10-17/h4-5,10,15,18-19H,1-3,6-9,11-13H2,(H2,23,26)/t18-,19?,22-/m1/s1. The average Bonchev–Trinajstić information content (AvgIpc) is 3.03. The van der Waals surface area contributed by atoms with Gasteiger partial charge in [-0.05, 0) is 73.5 Å². The van der Waals surface area contributed by atoms with Crippen LogP contribution >= 0.6 is 0 Å². The summed E-state index contributed by atoms with van der Waals surface area (Å²) in [7, 11) is 0. The zero-order valence-electron chi connectivity index (χ0n) is 15.8. The van der Waals surface area contributed by atoms with Crippen molar-refractivity contribution < 1.29 is 14.3 Å². The maximum atomic E-state index is 12.9. The Kier molecular flexibility index (Phi) is 3.95. The lowest BCUT2D eigenvalue weighted by Gasteiger charge is -2.39. The van der Waals surface area contributed by atoms with Gasteiger partial charge in [0.05, 0.1) is 6.61 Å². The SMILES string of the molecule is NC(=O)OC[C@@]12CC1[C@H](C(=O)N1CCC(c3ccc4c(c3)CCC4)CC1)C2. The Morgan fingerprint density at radius 3 is 2.67 bits per heavy atom. The molecule has 1 unspecified atom stereocenters. The number of nitrogens with zero attached hydrogens (tertiary/aromatic N) is 1. The van der Waals surface area contributed by atoms with Crippen LogP contribution in [0.3, 0.4) is 0 Å². The van der Waals surface area contributed by atoms with E-state index in [1.165, 1.54) is 30.4 Å². The Balaban J connectivity index is 1.14. The van der Waals surface area contributed by atoms with Gasteiger partial charge in [-0.3, -0.25) is 4.79 Å². The van der Waals surface area contributed by atoms with E-state index in [1.807, 2.05) is 0 Å². The molecule has 27 heavy (non-hydrogen) atoms. The summed E-state index contributed by atoms with van der Waals surface area (Å²) < 4.78 is 4.97. The summed E-state index contributed by atoms with van der Waals surface area (Å²) in [6, 6.07) is 7.06. The topological polar surface area (TPSA) is 72.6 Å². The lowest BCUT2D eigenvalue weighted by molar-refractivity contribution is -0.142. The number of primary amides is 1. The second kappa shape index (κ2) is 6.25. The fourth-order valence-electron chi connectivity index (χ4n) is 5.82. The van der Waals surface area contributed by atoms with Gasteiger partial charge < -0.3 is 15.4 Å². The number of rotatable bonds is 4. The number of aryl methyl sites for hydroxylation is 2. The van der Waals surface area contributed by atoms with Crippen LogP contribution < -0.4 is 5.73 Å². The summed E-state index contributed by atoms with van der Waals surface area (Å²) in [5, 5.41) is 0. The molecule has 3 atom stereocenters. The van der Waals surface area contributed by atoms with Crippen LogP contribution in [0.4, 0.5) is 4.79 Å². The second-order valence-corrected chi connectivity index (χ2v) is 9.07. The van der Waals surface area contributed by atoms with Gasteiger partial charge >= 0.3 is 6.09 Å². The maximum Gasteiger partial charge on any atom is 0.404 e. The van der Waals surface area contributed by atoms with Crippen molar-refractivity contribution in [1.82, 2.24) is 4.90 Å². The Labute approximate surface area is 160 Å². The Morgan fingerprint density at radius 2 is 1.93 bits per heavy atom. The number of amides is 2. The van der Waals surface area contributed by atoms with Crippen molar-refractivity contribution in [2.75, 3.05) is 19.7 Å². The molecule has 1 heterocycles. The third-order valence-corrected chi connectivity index (χ3v) is 7.58. The molecule has 4 aliphatic rings. The molecule has 0 bridgehead atoms. The van der Waals surface area contributed by atoms with Crippen molar-refractivity contribution in [2.45, 2.75) is 50.9 Å². The molecule has 5 nitrogen and oxygen atoms in total. The number of ether oxygens (including phenoxy) is 1. The van der Waals surface area contributed by atoms with Crippen molar-refractivity contribution >= 4 is 12.0 Å². The summed E-state index contributed by atoms with van der Waals surface area (Å²) in [6.45, 7) is 2.13. The predicted molar refractivity (Wildman–Crippen MR) is 101 cm³/mol. The van der Waals surface area contributed by atoms with Gasteiger partial charge in [0.15, 0.2) is 0 Å². The van der Waals surface area contributed by atoms with Crippen LogP contribution in [0.2, 0.25) is 0 Å². The number of nitrogens with two attached hydrogens (primary N) is 1. The second-order valence-electron chi connectivity index (χ2n) is 9.07. The van der Waals surface area contributed by atoms with E-state index in [4.69, 9.17) is 10.5 Å². The number of fused-ring (bicyclic) bond motifs is 2. The number of carbonyl (C=O) groups excluding carboxylic acids is 2.